The van der Waals surface area contributed by atoms with E-state index in [1.54, 1.807) is 17.8 Å². The largest absolute Gasteiger partial charge is 0.354 e. The van der Waals surface area contributed by atoms with Crippen LogP contribution in [0.15, 0.2) is 28.0 Å². The molecule has 2 atom stereocenters. The number of fused-ring (bicyclic) bond motifs is 1. The van der Waals surface area contributed by atoms with Crippen LogP contribution in [-0.4, -0.2) is 37.3 Å². The van der Waals surface area contributed by atoms with Gasteiger partial charge in [-0.25, -0.2) is 8.42 Å². The molecule has 2 N–H and O–H groups in total. The maximum Gasteiger partial charge on any atom is 0.225 e. The van der Waals surface area contributed by atoms with Crippen LogP contribution in [-0.2, 0) is 19.4 Å². The number of nitrogens with one attached hydrogen (secondary N) is 2. The molecule has 0 radical (unpaired) electrons. The molecule has 0 aliphatic carbocycles. The van der Waals surface area contributed by atoms with E-state index in [1.807, 2.05) is 20.8 Å². The molecule has 2 rings (SSSR count). The zero-order valence-corrected chi connectivity index (χ0v) is 16.3. The SMILES string of the molecule is CC[C@H](C)NC(=O)CCS(=O)(=O)c1ccc2c(c1)NC(=O)C[C@@H](C)S2. The van der Waals surface area contributed by atoms with Crippen molar-refractivity contribution in [2.45, 2.75) is 61.1 Å². The van der Waals surface area contributed by atoms with Crippen molar-refractivity contribution >= 4 is 39.1 Å². The number of carbonyl (C=O) groups excluding carboxylic acids is 2. The molecule has 0 saturated carbocycles. The Morgan fingerprint density at radius 3 is 2.84 bits per heavy atom. The van der Waals surface area contributed by atoms with Gasteiger partial charge in [0, 0.05) is 29.0 Å². The van der Waals surface area contributed by atoms with Gasteiger partial charge >= 0.3 is 0 Å². The van der Waals surface area contributed by atoms with Gasteiger partial charge in [0.2, 0.25) is 11.8 Å². The van der Waals surface area contributed by atoms with Gasteiger partial charge in [-0.3, -0.25) is 9.59 Å². The number of hydrogen-bond acceptors (Lipinski definition) is 5. The first-order valence-corrected chi connectivity index (χ1v) is 10.9. The molecular weight excluding hydrogens is 360 g/mol. The van der Waals surface area contributed by atoms with Crippen LogP contribution in [0.25, 0.3) is 0 Å². The smallest absolute Gasteiger partial charge is 0.225 e. The van der Waals surface area contributed by atoms with Gasteiger partial charge in [0.1, 0.15) is 0 Å². The summed E-state index contributed by atoms with van der Waals surface area (Å²) >= 11 is 1.54. The molecule has 1 aliphatic heterocycles. The number of amides is 2. The molecule has 25 heavy (non-hydrogen) atoms. The molecule has 6 nitrogen and oxygen atoms in total. The second-order valence-corrected chi connectivity index (χ2v) is 9.87. The van der Waals surface area contributed by atoms with Crippen LogP contribution < -0.4 is 10.6 Å². The predicted octanol–water partition coefficient (Wildman–Crippen LogP) is 2.59. The van der Waals surface area contributed by atoms with E-state index in [-0.39, 0.29) is 40.2 Å². The molecule has 138 valence electrons. The summed E-state index contributed by atoms with van der Waals surface area (Å²) in [4.78, 5) is 24.6. The van der Waals surface area contributed by atoms with Crippen molar-refractivity contribution in [1.82, 2.24) is 5.32 Å². The fraction of sp³-hybridized carbons (Fsp3) is 0.529. The summed E-state index contributed by atoms with van der Waals surface area (Å²) in [5, 5.41) is 5.65. The zero-order valence-electron chi connectivity index (χ0n) is 14.7. The van der Waals surface area contributed by atoms with Crippen LogP contribution >= 0.6 is 11.8 Å². The third-order valence-corrected chi connectivity index (χ3v) is 6.90. The summed E-state index contributed by atoms with van der Waals surface area (Å²) in [7, 11) is -3.60. The third-order valence-electron chi connectivity index (χ3n) is 4.00. The van der Waals surface area contributed by atoms with Crippen molar-refractivity contribution in [2.75, 3.05) is 11.1 Å². The normalized spacial score (nSPS) is 18.7. The zero-order chi connectivity index (χ0) is 18.6. The van der Waals surface area contributed by atoms with Crippen molar-refractivity contribution in [3.8, 4) is 0 Å². The van der Waals surface area contributed by atoms with Gasteiger partial charge in [0.15, 0.2) is 9.84 Å². The Hall–Kier alpha value is -1.54. The van der Waals surface area contributed by atoms with Crippen LogP contribution in [0.1, 0.15) is 40.0 Å². The molecule has 0 unspecified atom stereocenters. The van der Waals surface area contributed by atoms with Crippen molar-refractivity contribution in [2.24, 2.45) is 0 Å². The molecule has 0 saturated heterocycles. The van der Waals surface area contributed by atoms with Gasteiger partial charge in [0.25, 0.3) is 0 Å². The lowest BCUT2D eigenvalue weighted by atomic mass is 10.2. The van der Waals surface area contributed by atoms with E-state index in [2.05, 4.69) is 10.6 Å². The number of thioether (sulfide) groups is 1. The first kappa shape index (κ1) is 19.8. The lowest BCUT2D eigenvalue weighted by Crippen LogP contribution is -2.33. The number of hydrogen-bond donors (Lipinski definition) is 2. The van der Waals surface area contributed by atoms with Crippen LogP contribution in [0.5, 0.6) is 0 Å². The van der Waals surface area contributed by atoms with Crippen molar-refractivity contribution in [1.29, 1.82) is 0 Å². The molecule has 2 amide bonds. The molecule has 1 aromatic carbocycles. The van der Waals surface area contributed by atoms with Gasteiger partial charge in [0.05, 0.1) is 16.3 Å². The Kier molecular flexibility index (Phi) is 6.51. The minimum Gasteiger partial charge on any atom is -0.354 e. The quantitative estimate of drug-likeness (QED) is 0.786. The van der Waals surface area contributed by atoms with Crippen molar-refractivity contribution < 1.29 is 18.0 Å². The van der Waals surface area contributed by atoms with Gasteiger partial charge < -0.3 is 10.6 Å². The van der Waals surface area contributed by atoms with Crippen LogP contribution in [0.4, 0.5) is 5.69 Å². The maximum atomic E-state index is 12.5. The van der Waals surface area contributed by atoms with E-state index in [1.165, 1.54) is 12.1 Å². The number of anilines is 1. The molecule has 0 bridgehead atoms. The maximum absolute atomic E-state index is 12.5. The highest BCUT2D eigenvalue weighted by atomic mass is 32.2. The minimum absolute atomic E-state index is 0.0249. The van der Waals surface area contributed by atoms with Crippen molar-refractivity contribution in [3.05, 3.63) is 18.2 Å². The second kappa shape index (κ2) is 8.23. The molecule has 0 spiro atoms. The average Bonchev–Trinajstić information content (AvgIpc) is 2.68. The van der Waals surface area contributed by atoms with E-state index in [0.29, 0.717) is 12.1 Å². The summed E-state index contributed by atoms with van der Waals surface area (Å²) in [6, 6.07) is 4.77. The molecule has 0 aromatic heterocycles. The third kappa shape index (κ3) is 5.47. The first-order valence-electron chi connectivity index (χ1n) is 8.34. The highest BCUT2D eigenvalue weighted by Gasteiger charge is 2.23. The lowest BCUT2D eigenvalue weighted by Gasteiger charge is -2.12. The van der Waals surface area contributed by atoms with E-state index in [9.17, 15) is 18.0 Å². The molecule has 8 heteroatoms. The summed E-state index contributed by atoms with van der Waals surface area (Å²) < 4.78 is 25.0. The van der Waals surface area contributed by atoms with Gasteiger partial charge in [-0.15, -0.1) is 11.8 Å². The first-order chi connectivity index (χ1) is 11.7. The van der Waals surface area contributed by atoms with Crippen LogP contribution in [0.2, 0.25) is 0 Å². The summed E-state index contributed by atoms with van der Waals surface area (Å²) in [5.74, 6) is -0.655. The Morgan fingerprint density at radius 2 is 2.16 bits per heavy atom. The number of benzene rings is 1. The highest BCUT2D eigenvalue weighted by Crippen LogP contribution is 2.36. The number of sulfone groups is 1. The molecular formula is C17H24N2O4S2. The number of rotatable bonds is 6. The van der Waals surface area contributed by atoms with Crippen LogP contribution in [0, 0.1) is 0 Å². The highest BCUT2D eigenvalue weighted by molar-refractivity contribution is 8.00. The Morgan fingerprint density at radius 1 is 1.44 bits per heavy atom. The van der Waals surface area contributed by atoms with Gasteiger partial charge in [-0.1, -0.05) is 13.8 Å². The minimum atomic E-state index is -3.60. The molecule has 1 heterocycles. The lowest BCUT2D eigenvalue weighted by molar-refractivity contribution is -0.121. The Bertz CT molecular complexity index is 762. The fourth-order valence-electron chi connectivity index (χ4n) is 2.42. The monoisotopic (exact) mass is 384 g/mol. The Labute approximate surface area is 153 Å². The van der Waals surface area contributed by atoms with Crippen LogP contribution in [0.3, 0.4) is 0 Å². The number of carbonyl (C=O) groups is 2. The fourth-order valence-corrected chi connectivity index (χ4v) is 4.73. The van der Waals surface area contributed by atoms with Gasteiger partial charge in [-0.05, 0) is 31.5 Å². The van der Waals surface area contributed by atoms with E-state index >= 15 is 0 Å². The van der Waals surface area contributed by atoms with Crippen molar-refractivity contribution in [3.63, 3.8) is 0 Å². The second-order valence-electron chi connectivity index (χ2n) is 6.28. The molecule has 1 aromatic rings. The Balaban J connectivity index is 2.12. The van der Waals surface area contributed by atoms with E-state index in [4.69, 9.17) is 0 Å². The van der Waals surface area contributed by atoms with E-state index < -0.39 is 9.84 Å². The molecule has 1 aliphatic rings. The summed E-state index contributed by atoms with van der Waals surface area (Å²) in [6.07, 6.45) is 1.10. The predicted molar refractivity (Wildman–Crippen MR) is 99.6 cm³/mol. The average molecular weight is 385 g/mol. The standard InChI is InChI=1S/C17H24N2O4S2/c1-4-11(2)18-16(20)7-8-25(22,23)13-5-6-15-14(10-13)19-17(21)9-12(3)24-15/h5-6,10-12H,4,7-9H2,1-3H3,(H,18,20)(H,19,21)/t11-,12+/m0/s1. The van der Waals surface area contributed by atoms with Gasteiger partial charge in [-0.2, -0.15) is 0 Å². The summed E-state index contributed by atoms with van der Waals surface area (Å²) in [6.45, 7) is 5.78. The topological polar surface area (TPSA) is 92.3 Å². The van der Waals surface area contributed by atoms with E-state index in [0.717, 1.165) is 11.3 Å². The molecule has 0 fully saturated rings. The summed E-state index contributed by atoms with van der Waals surface area (Å²) in [5.41, 5.74) is 0.518.